The Kier molecular flexibility index (Phi) is 7.96. The highest BCUT2D eigenvalue weighted by atomic mass is 16.5. The Hall–Kier alpha value is -4.40. The standard InChI is InChI=1S/C24H24N4O5/c1-3-32-23(30)17-6-8-18(9-7-17)28-24(31)27-15-16-4-10-19(11-5-16)33-20-12-13-26-21(14-20)22(29)25-2/h4-14H,3,15H2,1-2H3,(H,25,29)(H2,27,28,31). The van der Waals surface area contributed by atoms with Crippen LogP contribution < -0.4 is 20.7 Å². The number of esters is 1. The molecule has 0 aliphatic heterocycles. The molecule has 3 aromatic rings. The van der Waals surface area contributed by atoms with E-state index >= 15 is 0 Å². The van der Waals surface area contributed by atoms with E-state index in [1.807, 2.05) is 12.1 Å². The number of hydrogen-bond acceptors (Lipinski definition) is 6. The van der Waals surface area contributed by atoms with Gasteiger partial charge in [0.2, 0.25) is 0 Å². The molecule has 2 aromatic carbocycles. The zero-order valence-corrected chi connectivity index (χ0v) is 18.3. The number of ether oxygens (including phenoxy) is 2. The molecule has 0 atom stereocenters. The number of carbonyl (C=O) groups excluding carboxylic acids is 3. The predicted molar refractivity (Wildman–Crippen MR) is 122 cm³/mol. The summed E-state index contributed by atoms with van der Waals surface area (Å²) in [5.41, 5.74) is 2.10. The van der Waals surface area contributed by atoms with E-state index in [0.29, 0.717) is 35.9 Å². The summed E-state index contributed by atoms with van der Waals surface area (Å²) in [6.45, 7) is 2.35. The normalized spacial score (nSPS) is 10.1. The van der Waals surface area contributed by atoms with E-state index in [1.165, 1.54) is 13.2 Å². The SMILES string of the molecule is CCOC(=O)c1ccc(NC(=O)NCc2ccc(Oc3ccnc(C(=O)NC)c3)cc2)cc1. The number of benzene rings is 2. The van der Waals surface area contributed by atoms with Crippen molar-refractivity contribution in [3.63, 3.8) is 0 Å². The highest BCUT2D eigenvalue weighted by molar-refractivity contribution is 5.93. The van der Waals surface area contributed by atoms with Crippen molar-refractivity contribution in [3.05, 3.63) is 83.7 Å². The first kappa shape index (κ1) is 23.3. The third kappa shape index (κ3) is 6.79. The van der Waals surface area contributed by atoms with E-state index in [0.717, 1.165) is 5.56 Å². The molecule has 0 spiro atoms. The maximum Gasteiger partial charge on any atom is 0.338 e. The molecule has 1 heterocycles. The summed E-state index contributed by atoms with van der Waals surface area (Å²) in [6, 6.07) is 16.5. The van der Waals surface area contributed by atoms with E-state index in [-0.39, 0.29) is 17.6 Å². The molecule has 3 rings (SSSR count). The lowest BCUT2D eigenvalue weighted by molar-refractivity contribution is 0.0526. The monoisotopic (exact) mass is 448 g/mol. The zero-order chi connectivity index (χ0) is 23.6. The summed E-state index contributed by atoms with van der Waals surface area (Å²) in [5, 5.41) is 7.99. The largest absolute Gasteiger partial charge is 0.462 e. The summed E-state index contributed by atoms with van der Waals surface area (Å²) in [7, 11) is 1.53. The summed E-state index contributed by atoms with van der Waals surface area (Å²) < 4.78 is 10.7. The molecule has 170 valence electrons. The predicted octanol–water partition coefficient (Wildman–Crippen LogP) is 3.73. The van der Waals surface area contributed by atoms with Gasteiger partial charge in [0.05, 0.1) is 12.2 Å². The van der Waals surface area contributed by atoms with Crippen LogP contribution in [0.15, 0.2) is 66.9 Å². The van der Waals surface area contributed by atoms with Crippen molar-refractivity contribution in [2.75, 3.05) is 19.0 Å². The van der Waals surface area contributed by atoms with E-state index in [2.05, 4.69) is 20.9 Å². The van der Waals surface area contributed by atoms with Crippen LogP contribution in [0.25, 0.3) is 0 Å². The number of pyridine rings is 1. The average Bonchev–Trinajstić information content (AvgIpc) is 2.84. The quantitative estimate of drug-likeness (QED) is 0.452. The number of nitrogens with one attached hydrogen (secondary N) is 3. The number of carbonyl (C=O) groups is 3. The lowest BCUT2D eigenvalue weighted by atomic mass is 10.2. The maximum atomic E-state index is 12.1. The minimum Gasteiger partial charge on any atom is -0.462 e. The summed E-state index contributed by atoms with van der Waals surface area (Å²) in [4.78, 5) is 39.5. The first-order chi connectivity index (χ1) is 16.0. The van der Waals surface area contributed by atoms with Crippen LogP contribution in [0.4, 0.5) is 10.5 Å². The highest BCUT2D eigenvalue weighted by Gasteiger charge is 2.08. The Morgan fingerprint density at radius 2 is 1.67 bits per heavy atom. The van der Waals surface area contributed by atoms with Gasteiger partial charge in [-0.1, -0.05) is 12.1 Å². The zero-order valence-electron chi connectivity index (χ0n) is 18.3. The lowest BCUT2D eigenvalue weighted by Gasteiger charge is -2.10. The van der Waals surface area contributed by atoms with Crippen molar-refractivity contribution in [1.29, 1.82) is 0 Å². The van der Waals surface area contributed by atoms with Crippen LogP contribution in [0.5, 0.6) is 11.5 Å². The van der Waals surface area contributed by atoms with Gasteiger partial charge in [0.25, 0.3) is 5.91 Å². The molecule has 33 heavy (non-hydrogen) atoms. The molecule has 3 N–H and O–H groups in total. The van der Waals surface area contributed by atoms with Crippen molar-refractivity contribution >= 4 is 23.6 Å². The van der Waals surface area contributed by atoms with Crippen LogP contribution in [0.1, 0.15) is 33.3 Å². The van der Waals surface area contributed by atoms with Gasteiger partial charge in [0.15, 0.2) is 0 Å². The van der Waals surface area contributed by atoms with Gasteiger partial charge in [-0.05, 0) is 55.0 Å². The third-order valence-electron chi connectivity index (χ3n) is 4.46. The van der Waals surface area contributed by atoms with Gasteiger partial charge >= 0.3 is 12.0 Å². The molecule has 3 amide bonds. The van der Waals surface area contributed by atoms with E-state index in [9.17, 15) is 14.4 Å². The third-order valence-corrected chi connectivity index (χ3v) is 4.46. The molecule has 0 bridgehead atoms. The first-order valence-electron chi connectivity index (χ1n) is 10.3. The number of hydrogen-bond donors (Lipinski definition) is 3. The fraction of sp³-hybridized carbons (Fsp3) is 0.167. The van der Waals surface area contributed by atoms with Crippen molar-refractivity contribution in [2.24, 2.45) is 0 Å². The molecule has 0 aliphatic rings. The van der Waals surface area contributed by atoms with Crippen molar-refractivity contribution in [1.82, 2.24) is 15.6 Å². The smallest absolute Gasteiger partial charge is 0.338 e. The molecule has 0 unspecified atom stereocenters. The van der Waals surface area contributed by atoms with Gasteiger partial charge in [-0.3, -0.25) is 9.78 Å². The molecule has 9 nitrogen and oxygen atoms in total. The van der Waals surface area contributed by atoms with Gasteiger partial charge in [-0.15, -0.1) is 0 Å². The second-order valence-corrected chi connectivity index (χ2v) is 6.81. The fourth-order valence-electron chi connectivity index (χ4n) is 2.80. The van der Waals surface area contributed by atoms with E-state index in [4.69, 9.17) is 9.47 Å². The molecular formula is C24H24N4O5. The Morgan fingerprint density at radius 1 is 0.939 bits per heavy atom. The van der Waals surface area contributed by atoms with Crippen LogP contribution in [0, 0.1) is 0 Å². The Balaban J connectivity index is 1.49. The van der Waals surface area contributed by atoms with Gasteiger partial charge in [-0.25, -0.2) is 9.59 Å². The number of urea groups is 1. The Bertz CT molecular complexity index is 1110. The molecular weight excluding hydrogens is 424 g/mol. The van der Waals surface area contributed by atoms with Gasteiger partial charge in [0, 0.05) is 31.5 Å². The lowest BCUT2D eigenvalue weighted by Crippen LogP contribution is -2.28. The van der Waals surface area contributed by atoms with E-state index in [1.54, 1.807) is 55.5 Å². The summed E-state index contributed by atoms with van der Waals surface area (Å²) >= 11 is 0. The maximum absolute atomic E-state index is 12.1. The van der Waals surface area contributed by atoms with Crippen LogP contribution in [0.3, 0.4) is 0 Å². The molecule has 9 heteroatoms. The van der Waals surface area contributed by atoms with Crippen LogP contribution in [0.2, 0.25) is 0 Å². The van der Waals surface area contributed by atoms with Gasteiger partial charge < -0.3 is 25.4 Å². The van der Waals surface area contributed by atoms with Crippen molar-refractivity contribution in [3.8, 4) is 11.5 Å². The average molecular weight is 448 g/mol. The Morgan fingerprint density at radius 3 is 2.33 bits per heavy atom. The summed E-state index contributed by atoms with van der Waals surface area (Å²) in [5.74, 6) is 0.369. The van der Waals surface area contributed by atoms with Crippen LogP contribution in [-0.2, 0) is 11.3 Å². The number of amides is 3. The van der Waals surface area contributed by atoms with Crippen molar-refractivity contribution in [2.45, 2.75) is 13.5 Å². The molecule has 0 radical (unpaired) electrons. The number of aromatic nitrogens is 1. The van der Waals surface area contributed by atoms with Gasteiger partial charge in [-0.2, -0.15) is 0 Å². The second kappa shape index (κ2) is 11.3. The molecule has 0 aliphatic carbocycles. The molecule has 0 saturated carbocycles. The Labute approximate surface area is 191 Å². The minimum atomic E-state index is -0.406. The van der Waals surface area contributed by atoms with Crippen molar-refractivity contribution < 1.29 is 23.9 Å². The van der Waals surface area contributed by atoms with Gasteiger partial charge in [0.1, 0.15) is 17.2 Å². The summed E-state index contributed by atoms with van der Waals surface area (Å²) in [6.07, 6.45) is 1.50. The molecule has 1 aromatic heterocycles. The van der Waals surface area contributed by atoms with Crippen LogP contribution in [-0.4, -0.2) is 36.5 Å². The molecule has 0 fully saturated rings. The second-order valence-electron chi connectivity index (χ2n) is 6.81. The fourth-order valence-corrected chi connectivity index (χ4v) is 2.80. The first-order valence-corrected chi connectivity index (χ1v) is 10.3. The number of rotatable bonds is 8. The number of anilines is 1. The molecule has 0 saturated heterocycles. The topological polar surface area (TPSA) is 119 Å². The number of nitrogens with zero attached hydrogens (tertiary/aromatic N) is 1. The highest BCUT2D eigenvalue weighted by Crippen LogP contribution is 2.22. The minimum absolute atomic E-state index is 0.261. The van der Waals surface area contributed by atoms with Crippen LogP contribution >= 0.6 is 0 Å². The van der Waals surface area contributed by atoms with E-state index < -0.39 is 5.97 Å².